The highest BCUT2D eigenvalue weighted by Crippen LogP contribution is 2.40. The fraction of sp³-hybridized carbons (Fsp3) is 0.269. The summed E-state index contributed by atoms with van der Waals surface area (Å²) in [5, 5.41) is 26.4. The number of amides is 2. The molecule has 166 valence electrons. The van der Waals surface area contributed by atoms with Crippen LogP contribution in [-0.2, 0) is 0 Å². The van der Waals surface area contributed by atoms with Crippen LogP contribution in [0.5, 0.6) is 0 Å². The van der Waals surface area contributed by atoms with Crippen LogP contribution in [-0.4, -0.2) is 22.9 Å². The number of rotatable bonds is 6. The molecule has 1 aliphatic rings. The van der Waals surface area contributed by atoms with Crippen LogP contribution in [0.4, 0.5) is 16.2 Å². The van der Waals surface area contributed by atoms with Gasteiger partial charge < -0.3 is 20.8 Å². The molecule has 4 N–H and O–H groups in total. The predicted molar refractivity (Wildman–Crippen MR) is 129 cm³/mol. The summed E-state index contributed by atoms with van der Waals surface area (Å²) in [7, 11) is 0. The van der Waals surface area contributed by atoms with Gasteiger partial charge in [-0.05, 0) is 71.7 Å². The molecule has 3 atom stereocenters. The normalized spacial score (nSPS) is 18.8. The van der Waals surface area contributed by atoms with Crippen LogP contribution in [0.1, 0.15) is 30.9 Å². The molecular weight excluding hydrogens is 424 g/mol. The van der Waals surface area contributed by atoms with Crippen molar-refractivity contribution in [1.29, 1.82) is 0 Å². The molecule has 4 rings (SSSR count). The van der Waals surface area contributed by atoms with Gasteiger partial charge in [-0.15, -0.1) is 0 Å². The van der Waals surface area contributed by atoms with Gasteiger partial charge in [0.2, 0.25) is 0 Å². The van der Waals surface area contributed by atoms with Crippen molar-refractivity contribution in [1.82, 2.24) is 0 Å². The number of aliphatic hydroxyl groups is 2. The highest BCUT2D eigenvalue weighted by molar-refractivity contribution is 6.30. The van der Waals surface area contributed by atoms with Crippen molar-refractivity contribution in [2.75, 3.05) is 17.2 Å². The molecule has 5 nitrogen and oxygen atoms in total. The number of nitrogens with one attached hydrogen (secondary N) is 2. The minimum absolute atomic E-state index is 0.120. The first kappa shape index (κ1) is 22.3. The number of carbonyl (C=O) groups excluding carboxylic acids is 1. The minimum atomic E-state index is -0.548. The molecule has 3 aromatic carbocycles. The fourth-order valence-electron chi connectivity index (χ4n) is 4.43. The Labute approximate surface area is 193 Å². The Kier molecular flexibility index (Phi) is 7.10. The lowest BCUT2D eigenvalue weighted by atomic mass is 9.87. The minimum Gasteiger partial charge on any atom is -0.396 e. The highest BCUT2D eigenvalue weighted by atomic mass is 35.5. The van der Waals surface area contributed by atoms with Crippen molar-refractivity contribution in [3.8, 4) is 11.1 Å². The zero-order chi connectivity index (χ0) is 22.5. The van der Waals surface area contributed by atoms with Gasteiger partial charge in [0.1, 0.15) is 0 Å². The molecule has 0 radical (unpaired) electrons. The Balaban J connectivity index is 1.38. The summed E-state index contributed by atoms with van der Waals surface area (Å²) in [6.07, 6.45) is 2.44. The average molecular weight is 451 g/mol. The molecule has 2 amide bonds. The smallest absolute Gasteiger partial charge is 0.323 e. The Morgan fingerprint density at radius 2 is 1.59 bits per heavy atom. The second-order valence-electron chi connectivity index (χ2n) is 8.27. The van der Waals surface area contributed by atoms with Gasteiger partial charge in [-0.25, -0.2) is 4.79 Å². The van der Waals surface area contributed by atoms with E-state index in [9.17, 15) is 15.0 Å². The van der Waals surface area contributed by atoms with Crippen molar-refractivity contribution in [2.45, 2.75) is 25.4 Å². The van der Waals surface area contributed by atoms with Crippen LogP contribution in [0.15, 0.2) is 72.8 Å². The fourth-order valence-corrected chi connectivity index (χ4v) is 4.62. The molecule has 0 aliphatic heterocycles. The zero-order valence-corrected chi connectivity index (χ0v) is 18.4. The third kappa shape index (κ3) is 5.30. The summed E-state index contributed by atoms with van der Waals surface area (Å²) in [5.41, 5.74) is 4.23. The number of hydrogen-bond donors (Lipinski definition) is 4. The van der Waals surface area contributed by atoms with E-state index in [4.69, 9.17) is 11.6 Å². The lowest BCUT2D eigenvalue weighted by molar-refractivity contribution is 0.0636. The highest BCUT2D eigenvalue weighted by Gasteiger charge is 2.32. The Morgan fingerprint density at radius 1 is 0.938 bits per heavy atom. The number of aliphatic hydroxyl groups excluding tert-OH is 2. The SMILES string of the molecule is O=C(Nc1ccc(-c2ccc([C@@H](O)[C@@H]3CCC[C@H]3CO)cc2)cc1)Nc1cccc(Cl)c1. The van der Waals surface area contributed by atoms with Crippen LogP contribution in [0.2, 0.25) is 5.02 Å². The van der Waals surface area contributed by atoms with Gasteiger partial charge in [0, 0.05) is 23.0 Å². The molecule has 0 saturated heterocycles. The largest absolute Gasteiger partial charge is 0.396 e. The van der Waals surface area contributed by atoms with E-state index < -0.39 is 6.10 Å². The summed E-state index contributed by atoms with van der Waals surface area (Å²) in [6, 6.07) is 22.1. The summed E-state index contributed by atoms with van der Waals surface area (Å²) < 4.78 is 0. The molecule has 32 heavy (non-hydrogen) atoms. The standard InChI is InChI=1S/C26H27ClN2O3/c27-21-4-2-5-23(15-21)29-26(32)28-22-13-11-18(12-14-22)17-7-9-19(10-8-17)25(31)24-6-1-3-20(24)16-30/h2,4-5,7-15,20,24-25,30-31H,1,3,6,16H2,(H2,28,29,32)/t20-,24+,25+/m0/s1. The summed E-state index contributed by atoms with van der Waals surface area (Å²) in [6.45, 7) is 0.136. The molecule has 0 bridgehead atoms. The third-order valence-corrected chi connectivity index (χ3v) is 6.40. The Morgan fingerprint density at radius 3 is 2.25 bits per heavy atom. The van der Waals surface area contributed by atoms with Crippen LogP contribution in [0.3, 0.4) is 0 Å². The number of anilines is 2. The van der Waals surface area contributed by atoms with Crippen LogP contribution in [0, 0.1) is 11.8 Å². The van der Waals surface area contributed by atoms with Gasteiger partial charge in [-0.2, -0.15) is 0 Å². The summed E-state index contributed by atoms with van der Waals surface area (Å²) in [5.74, 6) is 0.301. The number of urea groups is 1. The topological polar surface area (TPSA) is 81.6 Å². The molecular formula is C26H27ClN2O3. The van der Waals surface area contributed by atoms with E-state index in [1.165, 1.54) is 0 Å². The Hall–Kier alpha value is -2.86. The Bertz CT molecular complexity index is 1050. The van der Waals surface area contributed by atoms with E-state index in [-0.39, 0.29) is 24.5 Å². The molecule has 6 heteroatoms. The molecule has 0 unspecified atom stereocenters. The molecule has 0 spiro atoms. The summed E-state index contributed by atoms with van der Waals surface area (Å²) >= 11 is 5.94. The van der Waals surface area contributed by atoms with Crippen molar-refractivity contribution in [2.24, 2.45) is 11.8 Å². The second-order valence-corrected chi connectivity index (χ2v) is 8.71. The number of hydrogen-bond acceptors (Lipinski definition) is 3. The third-order valence-electron chi connectivity index (χ3n) is 6.17. The first-order chi connectivity index (χ1) is 15.5. The van der Waals surface area contributed by atoms with Gasteiger partial charge in [0.15, 0.2) is 0 Å². The maximum absolute atomic E-state index is 12.2. The first-order valence-electron chi connectivity index (χ1n) is 10.9. The zero-order valence-electron chi connectivity index (χ0n) is 17.7. The van der Waals surface area contributed by atoms with Crippen LogP contribution < -0.4 is 10.6 Å². The number of benzene rings is 3. The lowest BCUT2D eigenvalue weighted by Crippen LogP contribution is -2.19. The van der Waals surface area contributed by atoms with E-state index >= 15 is 0 Å². The monoisotopic (exact) mass is 450 g/mol. The predicted octanol–water partition coefficient (Wildman–Crippen LogP) is 6.09. The maximum Gasteiger partial charge on any atom is 0.323 e. The lowest BCUT2D eigenvalue weighted by Gasteiger charge is -2.24. The second kappa shape index (κ2) is 10.2. The summed E-state index contributed by atoms with van der Waals surface area (Å²) in [4.78, 5) is 12.2. The van der Waals surface area contributed by atoms with Crippen LogP contribution >= 0.6 is 11.6 Å². The number of carbonyl (C=O) groups is 1. The van der Waals surface area contributed by atoms with Crippen molar-refractivity contribution < 1.29 is 15.0 Å². The van der Waals surface area contributed by atoms with Gasteiger partial charge in [0.25, 0.3) is 0 Å². The van der Waals surface area contributed by atoms with E-state index in [1.807, 2.05) is 48.5 Å². The van der Waals surface area contributed by atoms with Crippen molar-refractivity contribution in [3.63, 3.8) is 0 Å². The molecule has 1 saturated carbocycles. The molecule has 0 heterocycles. The van der Waals surface area contributed by atoms with Gasteiger partial charge >= 0.3 is 6.03 Å². The maximum atomic E-state index is 12.2. The van der Waals surface area contributed by atoms with E-state index in [0.29, 0.717) is 16.4 Å². The molecule has 1 fully saturated rings. The molecule has 3 aromatic rings. The first-order valence-corrected chi connectivity index (χ1v) is 11.2. The van der Waals surface area contributed by atoms with E-state index in [0.717, 1.165) is 36.0 Å². The van der Waals surface area contributed by atoms with Crippen LogP contribution in [0.25, 0.3) is 11.1 Å². The van der Waals surface area contributed by atoms with Gasteiger partial charge in [-0.1, -0.05) is 60.5 Å². The van der Waals surface area contributed by atoms with E-state index in [2.05, 4.69) is 10.6 Å². The quantitative estimate of drug-likeness (QED) is 0.366. The van der Waals surface area contributed by atoms with E-state index in [1.54, 1.807) is 24.3 Å². The number of halogens is 1. The van der Waals surface area contributed by atoms with Crippen molar-refractivity contribution in [3.05, 3.63) is 83.4 Å². The van der Waals surface area contributed by atoms with Crippen molar-refractivity contribution >= 4 is 29.0 Å². The average Bonchev–Trinajstić information content (AvgIpc) is 3.28. The van der Waals surface area contributed by atoms with Gasteiger partial charge in [0.05, 0.1) is 6.10 Å². The molecule has 1 aliphatic carbocycles. The molecule has 0 aromatic heterocycles. The van der Waals surface area contributed by atoms with Gasteiger partial charge in [-0.3, -0.25) is 0 Å².